The number of fused-ring (bicyclic) bond motifs is 1. The minimum Gasteiger partial charge on any atom is -0.356 e. The first-order valence-corrected chi connectivity index (χ1v) is 10.0. The lowest BCUT2D eigenvalue weighted by Crippen LogP contribution is -2.43. The predicted molar refractivity (Wildman–Crippen MR) is 106 cm³/mol. The Labute approximate surface area is 160 Å². The highest BCUT2D eigenvalue weighted by Gasteiger charge is 2.26. The maximum absolute atomic E-state index is 4.93. The Hall–Kier alpha value is -2.22. The van der Waals surface area contributed by atoms with E-state index < -0.39 is 0 Å². The van der Waals surface area contributed by atoms with E-state index in [0.717, 1.165) is 62.9 Å². The maximum Gasteiger partial charge on any atom is 0.227 e. The second-order valence-electron chi connectivity index (χ2n) is 7.85. The fourth-order valence-electron chi connectivity index (χ4n) is 4.02. The first-order chi connectivity index (χ1) is 13.1. The van der Waals surface area contributed by atoms with Crippen LogP contribution in [0.25, 0.3) is 0 Å². The molecular formula is C19H30N8. The van der Waals surface area contributed by atoms with Crippen molar-refractivity contribution < 1.29 is 0 Å². The van der Waals surface area contributed by atoms with Crippen molar-refractivity contribution in [1.29, 1.82) is 0 Å². The topological polar surface area (TPSA) is 85.9 Å². The summed E-state index contributed by atoms with van der Waals surface area (Å²) < 4.78 is 0. The fraction of sp³-hybridized carbons (Fsp3) is 0.684. The van der Waals surface area contributed by atoms with Gasteiger partial charge in [0.25, 0.3) is 0 Å². The van der Waals surface area contributed by atoms with Crippen LogP contribution in [0.15, 0.2) is 0 Å². The van der Waals surface area contributed by atoms with Crippen molar-refractivity contribution in [2.75, 3.05) is 37.0 Å². The van der Waals surface area contributed by atoms with E-state index >= 15 is 0 Å². The molecule has 0 atom stereocenters. The van der Waals surface area contributed by atoms with Gasteiger partial charge in [-0.3, -0.25) is 5.10 Å². The van der Waals surface area contributed by atoms with E-state index in [9.17, 15) is 0 Å². The van der Waals surface area contributed by atoms with Gasteiger partial charge in [-0.05, 0) is 45.4 Å². The zero-order valence-electron chi connectivity index (χ0n) is 16.6. The second kappa shape index (κ2) is 7.80. The number of aromatic nitrogens is 5. The van der Waals surface area contributed by atoms with Crippen LogP contribution in [0.3, 0.4) is 0 Å². The van der Waals surface area contributed by atoms with Crippen LogP contribution < -0.4 is 15.1 Å². The number of piperidine rings is 1. The molecule has 8 nitrogen and oxygen atoms in total. The molecule has 0 amide bonds. The van der Waals surface area contributed by atoms with Gasteiger partial charge in [-0.1, -0.05) is 0 Å². The molecule has 0 radical (unpaired) electrons. The number of H-pyrrole nitrogens is 1. The van der Waals surface area contributed by atoms with Gasteiger partial charge < -0.3 is 15.1 Å². The van der Waals surface area contributed by atoms with Crippen molar-refractivity contribution in [2.45, 2.75) is 58.0 Å². The third kappa shape index (κ3) is 4.05. The van der Waals surface area contributed by atoms with Crippen molar-refractivity contribution in [3.8, 4) is 0 Å². The molecular weight excluding hydrogens is 340 g/mol. The largest absolute Gasteiger partial charge is 0.356 e. The first-order valence-electron chi connectivity index (χ1n) is 10.0. The zero-order valence-corrected chi connectivity index (χ0v) is 16.6. The summed E-state index contributed by atoms with van der Waals surface area (Å²) in [4.78, 5) is 18.6. The summed E-state index contributed by atoms with van der Waals surface area (Å²) in [5.41, 5.74) is 2.64. The van der Waals surface area contributed by atoms with Gasteiger partial charge in [0.15, 0.2) is 5.82 Å². The molecule has 0 unspecified atom stereocenters. The molecule has 2 aromatic rings. The molecule has 2 aromatic heterocycles. The predicted octanol–water partition coefficient (Wildman–Crippen LogP) is 1.61. The SMILES string of the molecule is Cc1nc(CNC2CCN(c3nc(N(C)C)nc4c3CCCC4)CC2)n[nH]1. The molecule has 1 aliphatic heterocycles. The highest BCUT2D eigenvalue weighted by molar-refractivity contribution is 5.54. The highest BCUT2D eigenvalue weighted by Crippen LogP contribution is 2.31. The molecule has 0 aromatic carbocycles. The van der Waals surface area contributed by atoms with E-state index in [1.165, 1.54) is 29.9 Å². The molecule has 146 valence electrons. The summed E-state index contributed by atoms with van der Waals surface area (Å²) in [6.45, 7) is 4.71. The number of nitrogens with one attached hydrogen (secondary N) is 2. The molecule has 27 heavy (non-hydrogen) atoms. The van der Waals surface area contributed by atoms with Crippen LogP contribution in [0, 0.1) is 6.92 Å². The van der Waals surface area contributed by atoms with E-state index in [1.807, 2.05) is 25.9 Å². The van der Waals surface area contributed by atoms with Gasteiger partial charge in [0, 0.05) is 38.8 Å². The third-order valence-electron chi connectivity index (χ3n) is 5.54. The Bertz CT molecular complexity index is 776. The summed E-state index contributed by atoms with van der Waals surface area (Å²) in [6, 6.07) is 0.506. The van der Waals surface area contributed by atoms with Gasteiger partial charge >= 0.3 is 0 Å². The van der Waals surface area contributed by atoms with Crippen LogP contribution in [0.2, 0.25) is 0 Å². The lowest BCUT2D eigenvalue weighted by molar-refractivity contribution is 0.408. The number of hydrogen-bond donors (Lipinski definition) is 2. The van der Waals surface area contributed by atoms with Crippen LogP contribution in [-0.2, 0) is 19.4 Å². The molecule has 1 fully saturated rings. The lowest BCUT2D eigenvalue weighted by Gasteiger charge is -2.35. The summed E-state index contributed by atoms with van der Waals surface area (Å²) >= 11 is 0. The van der Waals surface area contributed by atoms with Crippen molar-refractivity contribution >= 4 is 11.8 Å². The fourth-order valence-corrected chi connectivity index (χ4v) is 4.02. The van der Waals surface area contributed by atoms with E-state index in [0.29, 0.717) is 6.04 Å². The van der Waals surface area contributed by atoms with Crippen LogP contribution in [0.5, 0.6) is 0 Å². The first kappa shape index (κ1) is 18.2. The number of aromatic amines is 1. The van der Waals surface area contributed by atoms with Crippen LogP contribution in [0.1, 0.15) is 48.6 Å². The molecule has 8 heteroatoms. The molecule has 2 aliphatic rings. The zero-order chi connectivity index (χ0) is 18.8. The Morgan fingerprint density at radius 1 is 1.11 bits per heavy atom. The Balaban J connectivity index is 1.42. The average Bonchev–Trinajstić information content (AvgIpc) is 3.11. The standard InChI is InChI=1S/C19H30N8/c1-13-21-17(25-24-13)12-20-14-8-10-27(11-9-14)18-15-6-4-5-7-16(15)22-19(23-18)26(2)3/h14,20H,4-12H2,1-3H3,(H,21,24,25). The molecule has 4 rings (SSSR count). The van der Waals surface area contributed by atoms with Gasteiger partial charge in [0.2, 0.25) is 5.95 Å². The van der Waals surface area contributed by atoms with Crippen LogP contribution in [-0.4, -0.2) is 58.4 Å². The Morgan fingerprint density at radius 3 is 2.59 bits per heavy atom. The molecule has 3 heterocycles. The number of anilines is 2. The number of aryl methyl sites for hydroxylation is 2. The molecule has 0 bridgehead atoms. The highest BCUT2D eigenvalue weighted by atomic mass is 15.3. The lowest BCUT2D eigenvalue weighted by atomic mass is 9.95. The minimum atomic E-state index is 0.506. The third-order valence-corrected chi connectivity index (χ3v) is 5.54. The van der Waals surface area contributed by atoms with Crippen LogP contribution >= 0.6 is 0 Å². The molecule has 0 saturated carbocycles. The Kier molecular flexibility index (Phi) is 5.24. The van der Waals surface area contributed by atoms with Gasteiger partial charge in [-0.25, -0.2) is 9.97 Å². The van der Waals surface area contributed by atoms with Crippen molar-refractivity contribution in [2.24, 2.45) is 0 Å². The normalized spacial score (nSPS) is 17.8. The summed E-state index contributed by atoms with van der Waals surface area (Å²) in [6.07, 6.45) is 6.90. The summed E-state index contributed by atoms with van der Waals surface area (Å²) in [5, 5.41) is 10.7. The van der Waals surface area contributed by atoms with E-state index in [1.54, 1.807) is 0 Å². The van der Waals surface area contributed by atoms with Gasteiger partial charge in [-0.2, -0.15) is 10.1 Å². The van der Waals surface area contributed by atoms with E-state index in [2.05, 4.69) is 25.4 Å². The van der Waals surface area contributed by atoms with Crippen molar-refractivity contribution in [3.05, 3.63) is 22.9 Å². The molecule has 1 saturated heterocycles. The second-order valence-corrected chi connectivity index (χ2v) is 7.85. The summed E-state index contributed by atoms with van der Waals surface area (Å²) in [7, 11) is 4.05. The summed E-state index contributed by atoms with van der Waals surface area (Å²) in [5.74, 6) is 3.72. The molecule has 1 aliphatic carbocycles. The number of nitrogens with zero attached hydrogens (tertiary/aromatic N) is 6. The van der Waals surface area contributed by atoms with Crippen molar-refractivity contribution in [3.63, 3.8) is 0 Å². The minimum absolute atomic E-state index is 0.506. The van der Waals surface area contributed by atoms with Crippen LogP contribution in [0.4, 0.5) is 11.8 Å². The van der Waals surface area contributed by atoms with Crippen molar-refractivity contribution in [1.82, 2.24) is 30.5 Å². The average molecular weight is 371 g/mol. The monoisotopic (exact) mass is 370 g/mol. The van der Waals surface area contributed by atoms with E-state index in [4.69, 9.17) is 9.97 Å². The van der Waals surface area contributed by atoms with Gasteiger partial charge in [0.05, 0.1) is 12.2 Å². The van der Waals surface area contributed by atoms with E-state index in [-0.39, 0.29) is 0 Å². The number of hydrogen-bond acceptors (Lipinski definition) is 7. The molecule has 2 N–H and O–H groups in total. The maximum atomic E-state index is 4.93. The van der Waals surface area contributed by atoms with Gasteiger partial charge in [-0.15, -0.1) is 0 Å². The Morgan fingerprint density at radius 2 is 1.89 bits per heavy atom. The number of rotatable bonds is 5. The smallest absolute Gasteiger partial charge is 0.227 e. The quantitative estimate of drug-likeness (QED) is 0.827. The van der Waals surface area contributed by atoms with Gasteiger partial charge in [0.1, 0.15) is 11.6 Å². The molecule has 0 spiro atoms.